The van der Waals surface area contributed by atoms with Gasteiger partial charge in [-0.15, -0.1) is 0 Å². The molecule has 26 heavy (non-hydrogen) atoms. The molecule has 0 aliphatic carbocycles. The SMILES string of the molecule is O=Cc1ccc(N2C(=O)c3cccc4c([N+](=O)[O-])ccc(c34)C2=O)cc1. The summed E-state index contributed by atoms with van der Waals surface area (Å²) in [6.45, 7) is 0. The molecule has 0 radical (unpaired) electrons. The lowest BCUT2D eigenvalue weighted by Crippen LogP contribution is -2.40. The minimum absolute atomic E-state index is 0.157. The van der Waals surface area contributed by atoms with Gasteiger partial charge < -0.3 is 0 Å². The summed E-state index contributed by atoms with van der Waals surface area (Å²) < 4.78 is 0. The van der Waals surface area contributed by atoms with Gasteiger partial charge in [-0.3, -0.25) is 24.5 Å². The molecule has 4 rings (SSSR count). The van der Waals surface area contributed by atoms with Crippen LogP contribution in [0.3, 0.4) is 0 Å². The van der Waals surface area contributed by atoms with Gasteiger partial charge in [0.25, 0.3) is 17.5 Å². The Bertz CT molecular complexity index is 1100. The number of amides is 2. The Hall–Kier alpha value is -3.87. The van der Waals surface area contributed by atoms with Crippen molar-refractivity contribution in [2.75, 3.05) is 4.90 Å². The van der Waals surface area contributed by atoms with E-state index >= 15 is 0 Å². The number of hydrogen-bond acceptors (Lipinski definition) is 5. The van der Waals surface area contributed by atoms with Crippen molar-refractivity contribution in [3.63, 3.8) is 0 Å². The summed E-state index contributed by atoms with van der Waals surface area (Å²) in [6.07, 6.45) is 0.665. The standard InChI is InChI=1S/C19H10N2O5/c22-10-11-4-6-12(7-5-11)20-18(23)14-3-1-2-13-16(21(25)26)9-8-15(17(13)14)19(20)24/h1-10H. The van der Waals surface area contributed by atoms with Crippen LogP contribution in [0.5, 0.6) is 0 Å². The molecule has 1 aliphatic rings. The molecule has 0 atom stereocenters. The molecule has 0 aromatic heterocycles. The summed E-state index contributed by atoms with van der Waals surface area (Å²) in [5.41, 5.74) is 1.03. The first-order valence-electron chi connectivity index (χ1n) is 7.67. The molecule has 0 fully saturated rings. The summed E-state index contributed by atoms with van der Waals surface area (Å²) in [6, 6.07) is 13.3. The molecule has 1 heterocycles. The van der Waals surface area contributed by atoms with Gasteiger partial charge in [-0.25, -0.2) is 4.90 Å². The third-order valence-corrected chi connectivity index (χ3v) is 4.37. The average molecular weight is 346 g/mol. The van der Waals surface area contributed by atoms with Crippen LogP contribution in [0.15, 0.2) is 54.6 Å². The van der Waals surface area contributed by atoms with Crippen molar-refractivity contribution >= 4 is 40.2 Å². The van der Waals surface area contributed by atoms with E-state index in [4.69, 9.17) is 0 Å². The van der Waals surface area contributed by atoms with Gasteiger partial charge in [0.05, 0.1) is 16.0 Å². The van der Waals surface area contributed by atoms with Crippen LogP contribution < -0.4 is 4.90 Å². The number of nitro groups is 1. The number of nitrogens with zero attached hydrogens (tertiary/aromatic N) is 2. The highest BCUT2D eigenvalue weighted by atomic mass is 16.6. The number of nitro benzene ring substituents is 1. The topological polar surface area (TPSA) is 97.6 Å². The van der Waals surface area contributed by atoms with Crippen molar-refractivity contribution in [3.05, 3.63) is 81.4 Å². The fourth-order valence-electron chi connectivity index (χ4n) is 3.18. The van der Waals surface area contributed by atoms with Crippen LogP contribution in [-0.4, -0.2) is 23.0 Å². The molecule has 0 saturated carbocycles. The predicted molar refractivity (Wildman–Crippen MR) is 93.6 cm³/mol. The van der Waals surface area contributed by atoms with E-state index < -0.39 is 16.7 Å². The molecule has 126 valence electrons. The first-order chi connectivity index (χ1) is 12.5. The van der Waals surface area contributed by atoms with Crippen molar-refractivity contribution in [3.8, 4) is 0 Å². The number of imide groups is 1. The highest BCUT2D eigenvalue weighted by molar-refractivity contribution is 6.36. The molecule has 2 amide bonds. The largest absolute Gasteiger partial charge is 0.298 e. The van der Waals surface area contributed by atoms with Crippen LogP contribution in [0.1, 0.15) is 31.1 Å². The number of non-ortho nitro benzene ring substituents is 1. The zero-order valence-corrected chi connectivity index (χ0v) is 13.2. The highest BCUT2D eigenvalue weighted by Gasteiger charge is 2.35. The monoisotopic (exact) mass is 346 g/mol. The fourth-order valence-corrected chi connectivity index (χ4v) is 3.18. The summed E-state index contributed by atoms with van der Waals surface area (Å²) in [5, 5.41) is 11.8. The maximum Gasteiger partial charge on any atom is 0.277 e. The summed E-state index contributed by atoms with van der Waals surface area (Å²) in [5.74, 6) is -1.13. The van der Waals surface area contributed by atoms with E-state index in [1.165, 1.54) is 48.5 Å². The Labute approximate surface area is 146 Å². The van der Waals surface area contributed by atoms with Crippen molar-refractivity contribution in [1.82, 2.24) is 0 Å². The average Bonchev–Trinajstić information content (AvgIpc) is 2.66. The lowest BCUT2D eigenvalue weighted by Gasteiger charge is -2.27. The minimum atomic E-state index is -0.563. The van der Waals surface area contributed by atoms with Crippen LogP contribution in [0.2, 0.25) is 0 Å². The zero-order valence-electron chi connectivity index (χ0n) is 13.2. The Balaban J connectivity index is 1.95. The predicted octanol–water partition coefficient (Wildman–Crippen LogP) is 3.36. The van der Waals surface area contributed by atoms with Crippen molar-refractivity contribution < 1.29 is 19.3 Å². The Kier molecular flexibility index (Phi) is 3.37. The van der Waals surface area contributed by atoms with Crippen LogP contribution in [0.4, 0.5) is 11.4 Å². The lowest BCUT2D eigenvalue weighted by atomic mass is 9.92. The maximum absolute atomic E-state index is 12.9. The van der Waals surface area contributed by atoms with Gasteiger partial charge in [0.1, 0.15) is 6.29 Å². The van der Waals surface area contributed by atoms with Crippen LogP contribution in [0, 0.1) is 10.1 Å². The second-order valence-electron chi connectivity index (χ2n) is 5.77. The van der Waals surface area contributed by atoms with Crippen molar-refractivity contribution in [1.29, 1.82) is 0 Å². The van der Waals surface area contributed by atoms with Gasteiger partial charge in [0.2, 0.25) is 0 Å². The zero-order chi connectivity index (χ0) is 18.4. The van der Waals surface area contributed by atoms with Gasteiger partial charge >= 0.3 is 0 Å². The van der Waals surface area contributed by atoms with Gasteiger partial charge in [-0.05, 0) is 42.5 Å². The van der Waals surface area contributed by atoms with E-state index in [9.17, 15) is 24.5 Å². The number of rotatable bonds is 3. The summed E-state index contributed by atoms with van der Waals surface area (Å²) in [4.78, 5) is 48.4. The molecule has 0 unspecified atom stereocenters. The summed E-state index contributed by atoms with van der Waals surface area (Å²) >= 11 is 0. The van der Waals surface area contributed by atoms with Crippen LogP contribution in [0.25, 0.3) is 10.8 Å². The van der Waals surface area contributed by atoms with E-state index in [2.05, 4.69) is 0 Å². The highest BCUT2D eigenvalue weighted by Crippen LogP contribution is 2.36. The molecule has 7 heteroatoms. The van der Waals surface area contributed by atoms with Gasteiger partial charge in [-0.1, -0.05) is 6.07 Å². The maximum atomic E-state index is 12.9. The molecule has 1 aliphatic heterocycles. The third-order valence-electron chi connectivity index (χ3n) is 4.37. The lowest BCUT2D eigenvalue weighted by molar-refractivity contribution is -0.383. The number of anilines is 1. The molecule has 7 nitrogen and oxygen atoms in total. The quantitative estimate of drug-likeness (QED) is 0.313. The number of hydrogen-bond donors (Lipinski definition) is 0. The number of carbonyl (C=O) groups excluding carboxylic acids is 3. The number of aldehydes is 1. The van der Waals surface area contributed by atoms with E-state index in [1.807, 2.05) is 0 Å². The fraction of sp³-hybridized carbons (Fsp3) is 0. The smallest absolute Gasteiger partial charge is 0.277 e. The molecule has 3 aromatic rings. The first kappa shape index (κ1) is 15.6. The van der Waals surface area contributed by atoms with E-state index in [-0.39, 0.29) is 27.6 Å². The molecular weight excluding hydrogens is 336 g/mol. The van der Waals surface area contributed by atoms with Gasteiger partial charge in [0, 0.05) is 28.1 Å². The number of benzene rings is 3. The van der Waals surface area contributed by atoms with Crippen LogP contribution in [-0.2, 0) is 0 Å². The van der Waals surface area contributed by atoms with Gasteiger partial charge in [-0.2, -0.15) is 0 Å². The molecule has 0 spiro atoms. The van der Waals surface area contributed by atoms with E-state index in [0.29, 0.717) is 17.5 Å². The molecule has 0 N–H and O–H groups in total. The van der Waals surface area contributed by atoms with Gasteiger partial charge in [0.15, 0.2) is 0 Å². The van der Waals surface area contributed by atoms with Crippen molar-refractivity contribution in [2.45, 2.75) is 0 Å². The van der Waals surface area contributed by atoms with E-state index in [0.717, 1.165) is 4.90 Å². The second kappa shape index (κ2) is 5.59. The Morgan fingerprint density at radius 1 is 0.885 bits per heavy atom. The Morgan fingerprint density at radius 3 is 2.15 bits per heavy atom. The molecule has 0 saturated heterocycles. The Morgan fingerprint density at radius 2 is 1.54 bits per heavy atom. The minimum Gasteiger partial charge on any atom is -0.298 e. The molecular formula is C19H10N2O5. The van der Waals surface area contributed by atoms with Crippen molar-refractivity contribution in [2.24, 2.45) is 0 Å². The first-order valence-corrected chi connectivity index (χ1v) is 7.67. The second-order valence-corrected chi connectivity index (χ2v) is 5.77. The summed E-state index contributed by atoms with van der Waals surface area (Å²) in [7, 11) is 0. The van der Waals surface area contributed by atoms with E-state index in [1.54, 1.807) is 6.07 Å². The molecule has 3 aromatic carbocycles. The molecule has 0 bridgehead atoms. The normalized spacial score (nSPS) is 13.2. The third kappa shape index (κ3) is 2.11. The van der Waals surface area contributed by atoms with Crippen LogP contribution >= 0.6 is 0 Å². The number of carbonyl (C=O) groups is 3.